The van der Waals surface area contributed by atoms with E-state index in [0.29, 0.717) is 10.8 Å². The van der Waals surface area contributed by atoms with Gasteiger partial charge in [-0.25, -0.2) is 4.68 Å². The third kappa shape index (κ3) is 5.36. The largest absolute Gasteiger partial charge is 0.497 e. The van der Waals surface area contributed by atoms with E-state index in [1.165, 1.54) is 0 Å². The second-order valence-electron chi connectivity index (χ2n) is 10.5. The number of anilines is 1. The molecule has 7 nitrogen and oxygen atoms in total. The topological polar surface area (TPSA) is 76.5 Å². The molecule has 9 heteroatoms. The Bertz CT molecular complexity index is 1330. The van der Waals surface area contributed by atoms with Crippen molar-refractivity contribution in [1.29, 1.82) is 0 Å². The van der Waals surface area contributed by atoms with Gasteiger partial charge in [0.1, 0.15) is 18.1 Å². The van der Waals surface area contributed by atoms with Crippen molar-refractivity contribution < 1.29 is 14.3 Å². The number of methoxy groups -OCH3 is 1. The zero-order valence-electron chi connectivity index (χ0n) is 21.5. The number of fused-ring (bicyclic) bond motifs is 1. The number of carbonyl (C=O) groups excluding carboxylic acids is 2. The Balaban J connectivity index is 1.73. The van der Waals surface area contributed by atoms with Gasteiger partial charge in [-0.1, -0.05) is 44.5 Å². The second kappa shape index (κ2) is 10.1. The summed E-state index contributed by atoms with van der Waals surface area (Å²) in [5.41, 5.74) is 3.26. The highest BCUT2D eigenvalue weighted by Gasteiger charge is 2.40. The first-order valence-electron chi connectivity index (χ1n) is 12.4. The molecule has 0 saturated heterocycles. The predicted molar refractivity (Wildman–Crippen MR) is 148 cm³/mol. The summed E-state index contributed by atoms with van der Waals surface area (Å²) in [6.45, 7) is 6.29. The van der Waals surface area contributed by atoms with Crippen LogP contribution in [0.1, 0.15) is 55.7 Å². The molecule has 0 spiro atoms. The standard InChI is InChI=1S/C28H31ClN4O3S/c1-28(2,3)26-24-25(17-6-5-7-18(29)14-17)37-16-23(35)32(15-22(34)30-19-8-9-19)27(24)33(31-26)20-10-12-21(36-4)13-11-20/h5-7,10-14,19,25H,8-9,15-16H2,1-4H3,(H,30,34). The fraction of sp³-hybridized carbons (Fsp3) is 0.393. The number of rotatable bonds is 6. The highest BCUT2D eigenvalue weighted by molar-refractivity contribution is 8.00. The molecule has 1 fully saturated rings. The molecule has 37 heavy (non-hydrogen) atoms. The lowest BCUT2D eigenvalue weighted by Crippen LogP contribution is -2.43. The number of nitrogens with zero attached hydrogens (tertiary/aromatic N) is 3. The summed E-state index contributed by atoms with van der Waals surface area (Å²) < 4.78 is 7.16. The number of hydrogen-bond acceptors (Lipinski definition) is 5. The van der Waals surface area contributed by atoms with Crippen molar-refractivity contribution >= 4 is 41.0 Å². The summed E-state index contributed by atoms with van der Waals surface area (Å²) in [7, 11) is 1.62. The summed E-state index contributed by atoms with van der Waals surface area (Å²) in [4.78, 5) is 28.2. The number of amides is 2. The minimum atomic E-state index is -0.325. The molecule has 1 atom stereocenters. The highest BCUT2D eigenvalue weighted by atomic mass is 35.5. The van der Waals surface area contributed by atoms with Gasteiger partial charge in [-0.2, -0.15) is 5.10 Å². The van der Waals surface area contributed by atoms with E-state index in [1.54, 1.807) is 28.5 Å². The van der Waals surface area contributed by atoms with Crippen LogP contribution >= 0.6 is 23.4 Å². The van der Waals surface area contributed by atoms with Gasteiger partial charge in [0.05, 0.1) is 29.5 Å². The minimum absolute atomic E-state index is 0.0589. The van der Waals surface area contributed by atoms with E-state index in [1.807, 2.05) is 48.5 Å². The van der Waals surface area contributed by atoms with Crippen molar-refractivity contribution in [3.63, 3.8) is 0 Å². The van der Waals surface area contributed by atoms with Gasteiger partial charge in [-0.3, -0.25) is 14.5 Å². The molecule has 1 aliphatic heterocycles. The fourth-order valence-corrected chi connectivity index (χ4v) is 5.94. The smallest absolute Gasteiger partial charge is 0.240 e. The summed E-state index contributed by atoms with van der Waals surface area (Å²) >= 11 is 7.94. The Labute approximate surface area is 226 Å². The molecule has 2 heterocycles. The maximum absolute atomic E-state index is 13.6. The van der Waals surface area contributed by atoms with Gasteiger partial charge >= 0.3 is 0 Å². The molecule has 0 bridgehead atoms. The Morgan fingerprint density at radius 2 is 1.92 bits per heavy atom. The molecular formula is C28H31ClN4O3S. The van der Waals surface area contributed by atoms with Crippen LogP contribution in [0.5, 0.6) is 5.75 Å². The van der Waals surface area contributed by atoms with E-state index in [9.17, 15) is 9.59 Å². The van der Waals surface area contributed by atoms with Crippen LogP contribution in [0, 0.1) is 0 Å². The third-order valence-electron chi connectivity index (χ3n) is 6.51. The lowest BCUT2D eigenvalue weighted by atomic mass is 9.87. The zero-order valence-corrected chi connectivity index (χ0v) is 23.0. The number of aromatic nitrogens is 2. The first-order valence-corrected chi connectivity index (χ1v) is 13.8. The van der Waals surface area contributed by atoms with Crippen LogP contribution in [0.4, 0.5) is 5.82 Å². The second-order valence-corrected chi connectivity index (χ2v) is 12.0. The quantitative estimate of drug-likeness (QED) is 0.462. The van der Waals surface area contributed by atoms with Crippen LogP contribution in [-0.2, 0) is 15.0 Å². The molecule has 1 N–H and O–H groups in total. The maximum atomic E-state index is 13.6. The summed E-state index contributed by atoms with van der Waals surface area (Å²) in [6.07, 6.45) is 1.96. The monoisotopic (exact) mass is 538 g/mol. The number of ether oxygens (including phenoxy) is 1. The Kier molecular flexibility index (Phi) is 6.98. The average molecular weight is 539 g/mol. The van der Waals surface area contributed by atoms with Crippen molar-refractivity contribution in [2.24, 2.45) is 0 Å². The number of hydrogen-bond donors (Lipinski definition) is 1. The number of thioether (sulfide) groups is 1. The highest BCUT2D eigenvalue weighted by Crippen LogP contribution is 2.48. The van der Waals surface area contributed by atoms with Gasteiger partial charge in [0.15, 0.2) is 0 Å². The first-order chi connectivity index (χ1) is 17.7. The van der Waals surface area contributed by atoms with E-state index >= 15 is 0 Å². The van der Waals surface area contributed by atoms with Crippen molar-refractivity contribution in [2.45, 2.75) is 50.3 Å². The van der Waals surface area contributed by atoms with Crippen LogP contribution in [0.2, 0.25) is 5.02 Å². The van der Waals surface area contributed by atoms with Crippen LogP contribution < -0.4 is 15.0 Å². The normalized spacial score (nSPS) is 17.8. The molecule has 3 aromatic rings. The molecule has 194 valence electrons. The lowest BCUT2D eigenvalue weighted by molar-refractivity contribution is -0.123. The van der Waals surface area contributed by atoms with Gasteiger partial charge in [0, 0.05) is 22.0 Å². The third-order valence-corrected chi connectivity index (χ3v) is 8.00. The summed E-state index contributed by atoms with van der Waals surface area (Å²) in [5.74, 6) is 1.29. The van der Waals surface area contributed by atoms with E-state index in [0.717, 1.165) is 41.1 Å². The van der Waals surface area contributed by atoms with Crippen LogP contribution in [0.3, 0.4) is 0 Å². The van der Waals surface area contributed by atoms with Gasteiger partial charge < -0.3 is 10.1 Å². The van der Waals surface area contributed by atoms with Crippen molar-refractivity contribution in [1.82, 2.24) is 15.1 Å². The molecule has 2 aliphatic rings. The van der Waals surface area contributed by atoms with Gasteiger partial charge in [-0.15, -0.1) is 11.8 Å². The Morgan fingerprint density at radius 3 is 2.54 bits per heavy atom. The number of nitrogens with one attached hydrogen (secondary N) is 1. The van der Waals surface area contributed by atoms with E-state index < -0.39 is 0 Å². The molecular weight excluding hydrogens is 508 g/mol. The summed E-state index contributed by atoms with van der Waals surface area (Å²) in [6, 6.07) is 15.5. The zero-order chi connectivity index (χ0) is 26.3. The molecule has 2 amide bonds. The Hall–Kier alpha value is -2.97. The summed E-state index contributed by atoms with van der Waals surface area (Å²) in [5, 5.41) is 8.58. The van der Waals surface area contributed by atoms with Gasteiger partial charge in [0.25, 0.3) is 0 Å². The number of carbonyl (C=O) groups is 2. The van der Waals surface area contributed by atoms with Gasteiger partial charge in [-0.05, 0) is 54.8 Å². The molecule has 1 aromatic heterocycles. The number of benzene rings is 2. The van der Waals surface area contributed by atoms with Crippen molar-refractivity contribution in [3.05, 3.63) is 70.4 Å². The lowest BCUT2D eigenvalue weighted by Gasteiger charge is -2.24. The first kappa shape index (κ1) is 25.7. The minimum Gasteiger partial charge on any atom is -0.497 e. The van der Waals surface area contributed by atoms with Gasteiger partial charge in [0.2, 0.25) is 11.8 Å². The number of halogens is 1. The average Bonchev–Trinajstić information content (AvgIpc) is 3.60. The molecule has 2 aromatic carbocycles. The fourth-order valence-electron chi connectivity index (χ4n) is 4.55. The molecule has 1 saturated carbocycles. The van der Waals surface area contributed by atoms with Crippen LogP contribution in [0.25, 0.3) is 5.69 Å². The molecule has 1 aliphatic carbocycles. The molecule has 5 rings (SSSR count). The van der Waals surface area contributed by atoms with Crippen molar-refractivity contribution in [3.8, 4) is 11.4 Å². The van der Waals surface area contributed by atoms with Crippen LogP contribution in [-0.4, -0.2) is 47.0 Å². The van der Waals surface area contributed by atoms with Crippen molar-refractivity contribution in [2.75, 3.05) is 24.3 Å². The SMILES string of the molecule is COc1ccc(-n2nc(C(C)(C)C)c3c2N(CC(=O)NC2CC2)C(=O)CSC3c2cccc(Cl)c2)cc1. The molecule has 1 unspecified atom stereocenters. The van der Waals surface area contributed by atoms with Crippen LogP contribution in [0.15, 0.2) is 48.5 Å². The molecule has 0 radical (unpaired) electrons. The van der Waals surface area contributed by atoms with E-state index in [4.69, 9.17) is 21.4 Å². The van der Waals surface area contributed by atoms with E-state index in [2.05, 4.69) is 26.1 Å². The Morgan fingerprint density at radius 1 is 1.19 bits per heavy atom. The maximum Gasteiger partial charge on any atom is 0.240 e. The predicted octanol–water partition coefficient (Wildman–Crippen LogP) is 5.28. The van der Waals surface area contributed by atoms with E-state index in [-0.39, 0.29) is 40.8 Å².